The lowest BCUT2D eigenvalue weighted by molar-refractivity contribution is -0.137. The summed E-state index contributed by atoms with van der Waals surface area (Å²) < 4.78 is 0. The molecule has 0 radical (unpaired) electrons. The summed E-state index contributed by atoms with van der Waals surface area (Å²) in [4.78, 5) is 24.4. The number of carboxylic acids is 1. The Balaban J connectivity index is 0.000000604. The minimum Gasteiger partial charge on any atom is -0.481 e. The van der Waals surface area contributed by atoms with Gasteiger partial charge in [-0.25, -0.2) is 15.0 Å². The van der Waals surface area contributed by atoms with Crippen LogP contribution < -0.4 is 11.1 Å². The molecule has 1 aliphatic heterocycles. The number of aliphatic hydroxyl groups is 1. The molecule has 5 N–H and O–H groups in total. The number of hydrogen-bond donors (Lipinski definition) is 4. The highest BCUT2D eigenvalue weighted by molar-refractivity contribution is 5.68. The monoisotopic (exact) mass is 471 g/mol. The van der Waals surface area contributed by atoms with E-state index in [0.717, 1.165) is 68.6 Å². The molecule has 2 aromatic heterocycles. The van der Waals surface area contributed by atoms with E-state index in [1.165, 1.54) is 12.0 Å². The van der Waals surface area contributed by atoms with Crippen LogP contribution in [0.1, 0.15) is 87.4 Å². The maximum atomic E-state index is 11.2. The van der Waals surface area contributed by atoms with E-state index < -0.39 is 11.5 Å². The average molecular weight is 472 g/mol. The smallest absolute Gasteiger partial charge is 0.303 e. The second-order valence-corrected chi connectivity index (χ2v) is 9.80. The Hall–Kier alpha value is -2.58. The highest BCUT2D eigenvalue weighted by Crippen LogP contribution is 2.26. The van der Waals surface area contributed by atoms with E-state index in [0.29, 0.717) is 5.82 Å². The van der Waals surface area contributed by atoms with Gasteiger partial charge in [-0.15, -0.1) is 0 Å². The van der Waals surface area contributed by atoms with Crippen molar-refractivity contribution < 1.29 is 15.0 Å². The van der Waals surface area contributed by atoms with E-state index in [-0.39, 0.29) is 18.9 Å². The van der Waals surface area contributed by atoms with Crippen LogP contribution in [-0.2, 0) is 17.6 Å². The Morgan fingerprint density at radius 3 is 2.50 bits per heavy atom. The van der Waals surface area contributed by atoms with Gasteiger partial charge in [-0.1, -0.05) is 25.3 Å². The van der Waals surface area contributed by atoms with Gasteiger partial charge in [-0.2, -0.15) is 0 Å². The SMILES string of the molecule is CC(C)(N)CO.Cc1ncc(C(CCCCCCc2ccc3c(n2)NCCC3)CC(=O)O)cn1. The molecule has 1 aliphatic rings. The number of aromatic nitrogens is 3. The second kappa shape index (κ2) is 14.0. The number of hydrogen-bond acceptors (Lipinski definition) is 7. The molecule has 0 bridgehead atoms. The maximum absolute atomic E-state index is 11.2. The Labute approximate surface area is 203 Å². The Kier molecular flexibility index (Phi) is 11.4. The van der Waals surface area contributed by atoms with E-state index >= 15 is 0 Å². The lowest BCUT2D eigenvalue weighted by atomic mass is 9.92. The molecular formula is C26H41N5O3. The number of carbonyl (C=O) groups is 1. The molecule has 34 heavy (non-hydrogen) atoms. The molecule has 1 atom stereocenters. The fraction of sp³-hybridized carbons (Fsp3) is 0.615. The number of aliphatic hydroxyl groups excluding tert-OH is 1. The van der Waals surface area contributed by atoms with Gasteiger partial charge in [0.05, 0.1) is 13.0 Å². The summed E-state index contributed by atoms with van der Waals surface area (Å²) in [6.07, 6.45) is 12.2. The van der Waals surface area contributed by atoms with Crippen LogP contribution in [-0.4, -0.2) is 49.8 Å². The molecule has 0 saturated heterocycles. The average Bonchev–Trinajstić information content (AvgIpc) is 2.80. The molecule has 2 aromatic rings. The fourth-order valence-corrected chi connectivity index (χ4v) is 3.77. The lowest BCUT2D eigenvalue weighted by Crippen LogP contribution is -2.35. The van der Waals surface area contributed by atoms with Gasteiger partial charge < -0.3 is 21.3 Å². The number of fused-ring (bicyclic) bond motifs is 1. The van der Waals surface area contributed by atoms with Gasteiger partial charge >= 0.3 is 5.97 Å². The summed E-state index contributed by atoms with van der Waals surface area (Å²) in [7, 11) is 0. The van der Waals surface area contributed by atoms with Crippen molar-refractivity contribution in [2.24, 2.45) is 5.73 Å². The summed E-state index contributed by atoms with van der Waals surface area (Å²) in [5, 5.41) is 20.9. The molecule has 0 amide bonds. The van der Waals surface area contributed by atoms with Crippen molar-refractivity contribution in [3.8, 4) is 0 Å². The molecule has 3 heterocycles. The molecule has 0 aliphatic carbocycles. The maximum Gasteiger partial charge on any atom is 0.303 e. The van der Waals surface area contributed by atoms with Crippen molar-refractivity contribution in [2.45, 2.75) is 90.0 Å². The van der Waals surface area contributed by atoms with E-state index in [4.69, 9.17) is 15.8 Å². The van der Waals surface area contributed by atoms with Crippen LogP contribution in [0.25, 0.3) is 0 Å². The van der Waals surface area contributed by atoms with E-state index in [1.807, 2.05) is 6.92 Å². The van der Waals surface area contributed by atoms with Crippen molar-refractivity contribution in [1.29, 1.82) is 0 Å². The molecule has 0 fully saturated rings. The van der Waals surface area contributed by atoms with Gasteiger partial charge in [0.15, 0.2) is 0 Å². The Morgan fingerprint density at radius 2 is 1.85 bits per heavy atom. The number of aliphatic carboxylic acids is 1. The molecule has 0 aromatic carbocycles. The van der Waals surface area contributed by atoms with Gasteiger partial charge in [0, 0.05) is 30.2 Å². The first-order valence-electron chi connectivity index (χ1n) is 12.3. The summed E-state index contributed by atoms with van der Waals surface area (Å²) in [5.74, 6) is 1.01. The van der Waals surface area contributed by atoms with Gasteiger partial charge in [0.1, 0.15) is 11.6 Å². The van der Waals surface area contributed by atoms with Crippen molar-refractivity contribution in [1.82, 2.24) is 15.0 Å². The second-order valence-electron chi connectivity index (χ2n) is 9.80. The zero-order chi connectivity index (χ0) is 25.0. The van der Waals surface area contributed by atoms with Gasteiger partial charge in [-0.3, -0.25) is 4.79 Å². The number of nitrogens with one attached hydrogen (secondary N) is 1. The van der Waals surface area contributed by atoms with Gasteiger partial charge in [0.2, 0.25) is 0 Å². The summed E-state index contributed by atoms with van der Waals surface area (Å²) >= 11 is 0. The predicted molar refractivity (Wildman–Crippen MR) is 135 cm³/mol. The number of rotatable bonds is 11. The molecular weight excluding hydrogens is 430 g/mol. The normalized spacial score (nSPS) is 13.8. The summed E-state index contributed by atoms with van der Waals surface area (Å²) in [5.41, 5.74) is 8.31. The molecule has 8 heteroatoms. The molecule has 0 spiro atoms. The third-order valence-electron chi connectivity index (χ3n) is 5.79. The number of carboxylic acid groups (broad SMARTS) is 1. The van der Waals surface area contributed by atoms with E-state index in [2.05, 4.69) is 27.4 Å². The van der Waals surface area contributed by atoms with Crippen molar-refractivity contribution >= 4 is 11.8 Å². The van der Waals surface area contributed by atoms with Crippen LogP contribution in [0.3, 0.4) is 0 Å². The minimum atomic E-state index is -0.766. The molecule has 3 rings (SSSR count). The quantitative estimate of drug-likeness (QED) is 0.361. The first kappa shape index (κ1) is 27.7. The van der Waals surface area contributed by atoms with Crippen LogP contribution in [0.4, 0.5) is 5.82 Å². The third-order valence-corrected chi connectivity index (χ3v) is 5.79. The standard InChI is InChI=1S/C22H30N4O2.C4H11NO/c1-16-24-14-19(15-25-16)18(13-21(27)28)7-4-2-3-5-9-20-11-10-17-8-6-12-23-22(17)26-20;1-4(2,5)3-6/h10-11,14-15,18H,2-9,12-13H2,1H3,(H,23,26)(H,27,28);6H,3,5H2,1-2H3. The molecule has 188 valence electrons. The van der Waals surface area contributed by atoms with Crippen LogP contribution in [0.2, 0.25) is 0 Å². The number of nitrogens with two attached hydrogens (primary N) is 1. The largest absolute Gasteiger partial charge is 0.481 e. The van der Waals surface area contributed by atoms with Gasteiger partial charge in [0.25, 0.3) is 0 Å². The van der Waals surface area contributed by atoms with E-state index in [9.17, 15) is 9.90 Å². The fourth-order valence-electron chi connectivity index (χ4n) is 3.77. The van der Waals surface area contributed by atoms with Crippen molar-refractivity contribution in [3.63, 3.8) is 0 Å². The molecule has 1 unspecified atom stereocenters. The Bertz CT molecular complexity index is 881. The number of anilines is 1. The Morgan fingerprint density at radius 1 is 1.18 bits per heavy atom. The predicted octanol–water partition coefficient (Wildman–Crippen LogP) is 4.01. The van der Waals surface area contributed by atoms with Crippen molar-refractivity contribution in [3.05, 3.63) is 47.2 Å². The number of pyridine rings is 1. The van der Waals surface area contributed by atoms with Crippen molar-refractivity contribution in [2.75, 3.05) is 18.5 Å². The first-order valence-corrected chi connectivity index (χ1v) is 12.3. The van der Waals surface area contributed by atoms with E-state index in [1.54, 1.807) is 26.2 Å². The lowest BCUT2D eigenvalue weighted by Gasteiger charge is -2.17. The number of nitrogens with zero attached hydrogens (tertiary/aromatic N) is 3. The van der Waals surface area contributed by atoms with Crippen LogP contribution >= 0.6 is 0 Å². The number of aryl methyl sites for hydroxylation is 3. The van der Waals surface area contributed by atoms with Crippen LogP contribution in [0.5, 0.6) is 0 Å². The van der Waals surface area contributed by atoms with Crippen LogP contribution in [0.15, 0.2) is 24.5 Å². The van der Waals surface area contributed by atoms with Gasteiger partial charge in [-0.05, 0) is 76.0 Å². The zero-order valence-electron chi connectivity index (χ0n) is 20.9. The van der Waals surface area contributed by atoms with Crippen LogP contribution in [0, 0.1) is 6.92 Å². The zero-order valence-corrected chi connectivity index (χ0v) is 20.9. The minimum absolute atomic E-state index is 0.00788. The number of unbranched alkanes of at least 4 members (excludes halogenated alkanes) is 3. The topological polar surface area (TPSA) is 134 Å². The summed E-state index contributed by atoms with van der Waals surface area (Å²) in [6.45, 7) is 6.45. The molecule has 8 nitrogen and oxygen atoms in total. The summed E-state index contributed by atoms with van der Waals surface area (Å²) in [6, 6.07) is 4.37. The molecule has 0 saturated carbocycles. The highest BCUT2D eigenvalue weighted by atomic mass is 16.4. The highest BCUT2D eigenvalue weighted by Gasteiger charge is 2.16. The first-order chi connectivity index (χ1) is 16.2. The third kappa shape index (κ3) is 10.6.